The average molecular weight is 540 g/mol. The molecule has 0 radical (unpaired) electrons. The van der Waals surface area contributed by atoms with Gasteiger partial charge in [0.25, 0.3) is 0 Å². The number of amides is 1. The van der Waals surface area contributed by atoms with Crippen LogP contribution in [0.15, 0.2) is 22.7 Å². The SMILES string of the molecule is CC(=O)Nc1ncc(SN2CCC(Nc3ncc(C(F)(F)F)c(-c4cc(C#N)c(C)s4)n3)CC2)s1. The minimum atomic E-state index is -4.61. The Balaban J connectivity index is 1.42. The minimum Gasteiger partial charge on any atom is -0.351 e. The molecule has 1 aliphatic heterocycles. The molecule has 0 aromatic carbocycles. The maximum absolute atomic E-state index is 13.6. The van der Waals surface area contributed by atoms with Crippen molar-refractivity contribution in [1.29, 1.82) is 5.26 Å². The van der Waals surface area contributed by atoms with Gasteiger partial charge in [-0.05, 0) is 37.8 Å². The molecule has 1 fully saturated rings. The molecule has 1 saturated heterocycles. The van der Waals surface area contributed by atoms with E-state index in [0.717, 1.165) is 47.7 Å². The molecular weight excluding hydrogens is 519 g/mol. The van der Waals surface area contributed by atoms with Crippen molar-refractivity contribution in [3.63, 3.8) is 0 Å². The number of nitrogens with one attached hydrogen (secondary N) is 2. The number of anilines is 2. The second-order valence-electron chi connectivity index (χ2n) is 7.75. The number of thiophene rings is 1. The highest BCUT2D eigenvalue weighted by Gasteiger charge is 2.36. The molecule has 2 N–H and O–H groups in total. The van der Waals surface area contributed by atoms with Gasteiger partial charge < -0.3 is 10.6 Å². The Bertz CT molecular complexity index is 1260. The second-order valence-corrected chi connectivity index (χ2v) is 11.4. The number of halogens is 3. The van der Waals surface area contributed by atoms with Gasteiger partial charge in [-0.15, -0.1) is 11.3 Å². The summed E-state index contributed by atoms with van der Waals surface area (Å²) in [4.78, 5) is 24.4. The van der Waals surface area contributed by atoms with E-state index in [1.165, 1.54) is 24.3 Å². The third-order valence-electron chi connectivity index (χ3n) is 5.14. The van der Waals surface area contributed by atoms with Crippen molar-refractivity contribution in [2.45, 2.75) is 43.1 Å². The fourth-order valence-electron chi connectivity index (χ4n) is 3.47. The zero-order valence-electron chi connectivity index (χ0n) is 18.6. The molecular formula is C21H20F3N7OS3. The molecule has 14 heteroatoms. The summed E-state index contributed by atoms with van der Waals surface area (Å²) in [5.74, 6) is -0.0396. The molecule has 0 atom stereocenters. The Morgan fingerprint density at radius 3 is 2.63 bits per heavy atom. The first kappa shape index (κ1) is 25.4. The summed E-state index contributed by atoms with van der Waals surface area (Å²) in [6, 6.07) is 3.44. The normalized spacial score (nSPS) is 15.1. The van der Waals surface area contributed by atoms with Crippen molar-refractivity contribution in [1.82, 2.24) is 19.3 Å². The van der Waals surface area contributed by atoms with E-state index in [-0.39, 0.29) is 28.5 Å². The van der Waals surface area contributed by atoms with Crippen LogP contribution >= 0.6 is 34.6 Å². The molecule has 8 nitrogen and oxygen atoms in total. The summed E-state index contributed by atoms with van der Waals surface area (Å²) in [6.07, 6.45) is -0.598. The fourth-order valence-corrected chi connectivity index (χ4v) is 6.49. The number of rotatable bonds is 6. The summed E-state index contributed by atoms with van der Waals surface area (Å²) >= 11 is 4.06. The highest BCUT2D eigenvalue weighted by atomic mass is 32.2. The number of carbonyl (C=O) groups excluding carboxylic acids is 1. The van der Waals surface area contributed by atoms with Crippen molar-refractivity contribution in [3.8, 4) is 16.6 Å². The number of aromatic nitrogens is 3. The molecule has 3 aromatic heterocycles. The van der Waals surface area contributed by atoms with Crippen molar-refractivity contribution < 1.29 is 18.0 Å². The lowest BCUT2D eigenvalue weighted by Crippen LogP contribution is -2.36. The molecule has 1 aliphatic rings. The molecule has 4 heterocycles. The van der Waals surface area contributed by atoms with Crippen molar-refractivity contribution >= 4 is 51.6 Å². The molecule has 35 heavy (non-hydrogen) atoms. The monoisotopic (exact) mass is 539 g/mol. The Kier molecular flexibility index (Phi) is 7.60. The Morgan fingerprint density at radius 2 is 2.00 bits per heavy atom. The zero-order valence-corrected chi connectivity index (χ0v) is 21.1. The molecule has 4 rings (SSSR count). The van der Waals surface area contributed by atoms with Gasteiger partial charge in [-0.3, -0.25) is 4.79 Å². The van der Waals surface area contributed by atoms with Crippen molar-refractivity contribution in [2.24, 2.45) is 0 Å². The fraction of sp³-hybridized carbons (Fsp3) is 0.381. The van der Waals surface area contributed by atoms with Crippen LogP contribution in [0.4, 0.5) is 24.3 Å². The van der Waals surface area contributed by atoms with Crippen LogP contribution in [0.5, 0.6) is 0 Å². The van der Waals surface area contributed by atoms with Gasteiger partial charge in [0.05, 0.1) is 26.5 Å². The lowest BCUT2D eigenvalue weighted by Gasteiger charge is -2.31. The number of alkyl halides is 3. The predicted molar refractivity (Wildman–Crippen MR) is 130 cm³/mol. The Labute approximate surface area is 211 Å². The minimum absolute atomic E-state index is 0.00702. The van der Waals surface area contributed by atoms with E-state index in [1.54, 1.807) is 25.1 Å². The van der Waals surface area contributed by atoms with Gasteiger partial charge in [0.15, 0.2) is 5.13 Å². The standard InChI is InChI=1S/C21H20F3N7OS3/c1-11-13(8-25)7-16(33-11)18-15(21(22,23)24)9-26-19(30-18)29-14-3-5-31(6-4-14)35-17-10-27-20(34-17)28-12(2)32/h7,9-10,14H,3-6H2,1-2H3,(H,26,29,30)(H,27,28,32). The van der Waals surface area contributed by atoms with E-state index in [1.807, 2.05) is 6.07 Å². The largest absolute Gasteiger partial charge is 0.420 e. The molecule has 1 amide bonds. The van der Waals surface area contributed by atoms with Crippen molar-refractivity contribution in [2.75, 3.05) is 23.7 Å². The summed E-state index contributed by atoms with van der Waals surface area (Å²) in [5, 5.41) is 15.6. The quantitative estimate of drug-likeness (QED) is 0.401. The first-order valence-corrected chi connectivity index (χ1v) is 12.9. The van der Waals surface area contributed by atoms with Gasteiger partial charge >= 0.3 is 6.18 Å². The number of nitriles is 1. The summed E-state index contributed by atoms with van der Waals surface area (Å²) in [7, 11) is 0. The summed E-state index contributed by atoms with van der Waals surface area (Å²) in [6.45, 7) is 4.62. The first-order chi connectivity index (χ1) is 16.6. The number of thiazole rings is 1. The van der Waals surface area contributed by atoms with E-state index in [9.17, 15) is 23.2 Å². The van der Waals surface area contributed by atoms with E-state index < -0.39 is 11.7 Å². The van der Waals surface area contributed by atoms with E-state index in [4.69, 9.17) is 0 Å². The van der Waals surface area contributed by atoms with Gasteiger partial charge in [-0.1, -0.05) is 11.3 Å². The third-order valence-corrected chi connectivity index (χ3v) is 8.29. The van der Waals surface area contributed by atoms with Crippen LogP contribution in [0.2, 0.25) is 0 Å². The third kappa shape index (κ3) is 6.29. The van der Waals surface area contributed by atoms with E-state index >= 15 is 0 Å². The van der Waals surface area contributed by atoms with E-state index in [2.05, 4.69) is 29.9 Å². The van der Waals surface area contributed by atoms with Crippen LogP contribution in [0.1, 0.15) is 35.8 Å². The van der Waals surface area contributed by atoms with E-state index in [0.29, 0.717) is 15.6 Å². The number of carbonyl (C=O) groups is 1. The molecule has 184 valence electrons. The molecule has 0 aliphatic carbocycles. The lowest BCUT2D eigenvalue weighted by molar-refractivity contribution is -0.137. The van der Waals surface area contributed by atoms with Gasteiger partial charge in [-0.2, -0.15) is 18.4 Å². The molecule has 0 saturated carbocycles. The van der Waals surface area contributed by atoms with Crippen molar-refractivity contribution in [3.05, 3.63) is 34.5 Å². The van der Waals surface area contributed by atoms with Crippen LogP contribution in [-0.4, -0.2) is 44.3 Å². The Morgan fingerprint density at radius 1 is 1.26 bits per heavy atom. The summed E-state index contributed by atoms with van der Waals surface area (Å²) < 4.78 is 44.0. The van der Waals surface area contributed by atoms with Gasteiger partial charge in [0.2, 0.25) is 11.9 Å². The summed E-state index contributed by atoms with van der Waals surface area (Å²) in [5.41, 5.74) is -0.817. The molecule has 3 aromatic rings. The number of hydrogen-bond acceptors (Lipinski definition) is 10. The highest BCUT2D eigenvalue weighted by Crippen LogP contribution is 2.40. The second kappa shape index (κ2) is 10.5. The maximum Gasteiger partial charge on any atom is 0.420 e. The van der Waals surface area contributed by atoms with Gasteiger partial charge in [-0.25, -0.2) is 19.3 Å². The van der Waals surface area contributed by atoms with Gasteiger partial charge in [0.1, 0.15) is 11.6 Å². The molecule has 0 bridgehead atoms. The topological polar surface area (TPSA) is 107 Å². The van der Waals surface area contributed by atoms with Crippen LogP contribution in [-0.2, 0) is 11.0 Å². The van der Waals surface area contributed by atoms with Gasteiger partial charge in [0, 0.05) is 37.1 Å². The smallest absolute Gasteiger partial charge is 0.351 e. The first-order valence-electron chi connectivity index (χ1n) is 10.5. The number of hydrogen-bond donors (Lipinski definition) is 2. The van der Waals surface area contributed by atoms with Crippen LogP contribution in [0.3, 0.4) is 0 Å². The number of nitrogens with zero attached hydrogens (tertiary/aromatic N) is 5. The average Bonchev–Trinajstić information content (AvgIpc) is 3.39. The highest BCUT2D eigenvalue weighted by molar-refractivity contribution is 7.99. The zero-order chi connectivity index (χ0) is 25.2. The Hall–Kier alpha value is -2.73. The molecule has 0 unspecified atom stereocenters. The molecule has 0 spiro atoms. The number of piperidine rings is 1. The van der Waals surface area contributed by atoms with Crippen LogP contribution < -0.4 is 10.6 Å². The lowest BCUT2D eigenvalue weighted by atomic mass is 10.1. The maximum atomic E-state index is 13.6. The number of aryl methyl sites for hydroxylation is 1. The predicted octanol–water partition coefficient (Wildman–Crippen LogP) is 5.40. The van der Waals surface area contributed by atoms with Crippen LogP contribution in [0.25, 0.3) is 10.6 Å². The van der Waals surface area contributed by atoms with Crippen LogP contribution in [0, 0.1) is 18.3 Å².